The fraction of sp³-hybridized carbons (Fsp3) is 0.467. The van der Waals surface area contributed by atoms with E-state index in [2.05, 4.69) is 15.5 Å². The molecule has 0 bridgehead atoms. The van der Waals surface area contributed by atoms with Crippen molar-refractivity contribution in [1.29, 1.82) is 0 Å². The van der Waals surface area contributed by atoms with Crippen LogP contribution in [-0.4, -0.2) is 22.8 Å². The Bertz CT molecular complexity index is 593. The Morgan fingerprint density at radius 1 is 1.35 bits per heavy atom. The minimum atomic E-state index is 0.551. The molecule has 0 saturated heterocycles. The van der Waals surface area contributed by atoms with Crippen LogP contribution in [0.15, 0.2) is 22.6 Å². The summed E-state index contributed by atoms with van der Waals surface area (Å²) in [6, 6.07) is 6.44. The van der Waals surface area contributed by atoms with Gasteiger partial charge in [0.05, 0.1) is 0 Å². The summed E-state index contributed by atoms with van der Waals surface area (Å²) in [7, 11) is 0. The van der Waals surface area contributed by atoms with Gasteiger partial charge in [0.15, 0.2) is 0 Å². The van der Waals surface area contributed by atoms with Crippen LogP contribution in [-0.2, 0) is 6.42 Å². The predicted molar refractivity (Wildman–Crippen MR) is 78.8 cm³/mol. The number of halogens is 1. The third kappa shape index (κ3) is 3.38. The first-order chi connectivity index (χ1) is 9.72. The molecule has 0 atom stereocenters. The molecule has 0 spiro atoms. The molecule has 0 radical (unpaired) electrons. The van der Waals surface area contributed by atoms with Crippen molar-refractivity contribution in [2.75, 3.05) is 6.54 Å². The minimum absolute atomic E-state index is 0.551. The first-order valence-electron chi connectivity index (χ1n) is 7.04. The summed E-state index contributed by atoms with van der Waals surface area (Å²) in [6.07, 6.45) is 4.47. The van der Waals surface area contributed by atoms with Crippen LogP contribution in [0.2, 0.25) is 5.02 Å². The van der Waals surface area contributed by atoms with Crippen LogP contribution in [0, 0.1) is 6.92 Å². The standard InChI is InChI=1S/C15H18ClN3O/c1-10-4-5-11(16)9-13(10)15-19-18-14(20-15)3-2-8-17-12-6-7-12/h4-5,9,12,17H,2-3,6-8H2,1H3. The Kier molecular flexibility index (Phi) is 4.03. The summed E-state index contributed by atoms with van der Waals surface area (Å²) in [5.74, 6) is 1.24. The topological polar surface area (TPSA) is 51.0 Å². The Morgan fingerprint density at radius 3 is 3.00 bits per heavy atom. The minimum Gasteiger partial charge on any atom is -0.421 e. The smallest absolute Gasteiger partial charge is 0.248 e. The van der Waals surface area contributed by atoms with Gasteiger partial charge < -0.3 is 9.73 Å². The van der Waals surface area contributed by atoms with Crippen molar-refractivity contribution < 1.29 is 4.42 Å². The Morgan fingerprint density at radius 2 is 2.20 bits per heavy atom. The summed E-state index contributed by atoms with van der Waals surface area (Å²) >= 11 is 6.01. The molecular formula is C15H18ClN3O. The third-order valence-electron chi connectivity index (χ3n) is 3.47. The molecule has 1 aliphatic carbocycles. The van der Waals surface area contributed by atoms with Crippen LogP contribution in [0.1, 0.15) is 30.7 Å². The lowest BCUT2D eigenvalue weighted by Gasteiger charge is -2.01. The highest BCUT2D eigenvalue weighted by atomic mass is 35.5. The van der Waals surface area contributed by atoms with Gasteiger partial charge in [-0.3, -0.25) is 0 Å². The molecule has 5 heteroatoms. The zero-order chi connectivity index (χ0) is 13.9. The van der Waals surface area contributed by atoms with E-state index in [9.17, 15) is 0 Å². The lowest BCUT2D eigenvalue weighted by atomic mass is 10.1. The van der Waals surface area contributed by atoms with Gasteiger partial charge in [-0.25, -0.2) is 0 Å². The molecule has 4 nitrogen and oxygen atoms in total. The van der Waals surface area contributed by atoms with E-state index in [0.717, 1.165) is 36.6 Å². The van der Waals surface area contributed by atoms with Crippen molar-refractivity contribution in [2.45, 2.75) is 38.6 Å². The largest absolute Gasteiger partial charge is 0.421 e. The Balaban J connectivity index is 1.61. The van der Waals surface area contributed by atoms with Crippen molar-refractivity contribution in [1.82, 2.24) is 15.5 Å². The van der Waals surface area contributed by atoms with E-state index >= 15 is 0 Å². The number of nitrogens with zero attached hydrogens (tertiary/aromatic N) is 2. The van der Waals surface area contributed by atoms with Gasteiger partial charge in [-0.2, -0.15) is 0 Å². The van der Waals surface area contributed by atoms with Gasteiger partial charge in [-0.1, -0.05) is 17.7 Å². The van der Waals surface area contributed by atoms with Crippen LogP contribution in [0.5, 0.6) is 0 Å². The Hall–Kier alpha value is -1.39. The number of aryl methyl sites for hydroxylation is 2. The fourth-order valence-corrected chi connectivity index (χ4v) is 2.29. The number of nitrogens with one attached hydrogen (secondary N) is 1. The van der Waals surface area contributed by atoms with Crippen molar-refractivity contribution >= 4 is 11.6 Å². The molecule has 0 unspecified atom stereocenters. The molecule has 1 N–H and O–H groups in total. The second kappa shape index (κ2) is 5.94. The lowest BCUT2D eigenvalue weighted by Crippen LogP contribution is -2.17. The number of hydrogen-bond donors (Lipinski definition) is 1. The first kappa shape index (κ1) is 13.6. The molecule has 1 heterocycles. The van der Waals surface area contributed by atoms with Gasteiger partial charge in [0, 0.05) is 23.0 Å². The van der Waals surface area contributed by atoms with Gasteiger partial charge in [0.25, 0.3) is 0 Å². The maximum Gasteiger partial charge on any atom is 0.248 e. The second-order valence-electron chi connectivity index (χ2n) is 5.29. The van der Waals surface area contributed by atoms with Crippen LogP contribution >= 0.6 is 11.6 Å². The molecule has 1 aliphatic rings. The van der Waals surface area contributed by atoms with E-state index < -0.39 is 0 Å². The maximum atomic E-state index is 6.01. The van der Waals surface area contributed by atoms with Crippen LogP contribution < -0.4 is 5.32 Å². The summed E-state index contributed by atoms with van der Waals surface area (Å²) in [4.78, 5) is 0. The molecule has 20 heavy (non-hydrogen) atoms. The predicted octanol–water partition coefficient (Wildman–Crippen LogP) is 3.38. The van der Waals surface area contributed by atoms with E-state index in [4.69, 9.17) is 16.0 Å². The van der Waals surface area contributed by atoms with E-state index in [-0.39, 0.29) is 0 Å². The van der Waals surface area contributed by atoms with Gasteiger partial charge in [-0.05, 0) is 50.4 Å². The molecule has 106 valence electrons. The van der Waals surface area contributed by atoms with Gasteiger partial charge in [0.2, 0.25) is 11.8 Å². The quantitative estimate of drug-likeness (QED) is 0.829. The van der Waals surface area contributed by atoms with Crippen LogP contribution in [0.25, 0.3) is 11.5 Å². The SMILES string of the molecule is Cc1ccc(Cl)cc1-c1nnc(CCCNC2CC2)o1. The normalized spacial score (nSPS) is 14.7. The molecule has 0 aliphatic heterocycles. The van der Waals surface area contributed by atoms with E-state index in [1.807, 2.05) is 25.1 Å². The number of aromatic nitrogens is 2. The van der Waals surface area contributed by atoms with E-state index in [0.29, 0.717) is 16.8 Å². The zero-order valence-electron chi connectivity index (χ0n) is 11.5. The van der Waals surface area contributed by atoms with Crippen LogP contribution in [0.3, 0.4) is 0 Å². The van der Waals surface area contributed by atoms with E-state index in [1.54, 1.807) is 0 Å². The lowest BCUT2D eigenvalue weighted by molar-refractivity contribution is 0.490. The number of hydrogen-bond acceptors (Lipinski definition) is 4. The average Bonchev–Trinajstić information content (AvgIpc) is 3.15. The highest BCUT2D eigenvalue weighted by Crippen LogP contribution is 2.25. The van der Waals surface area contributed by atoms with Crippen molar-refractivity contribution in [3.63, 3.8) is 0 Å². The van der Waals surface area contributed by atoms with Crippen molar-refractivity contribution in [3.05, 3.63) is 34.7 Å². The van der Waals surface area contributed by atoms with Crippen molar-refractivity contribution in [2.24, 2.45) is 0 Å². The first-order valence-corrected chi connectivity index (χ1v) is 7.42. The number of benzene rings is 1. The maximum absolute atomic E-state index is 6.01. The van der Waals surface area contributed by atoms with Gasteiger partial charge in [0.1, 0.15) is 0 Å². The fourth-order valence-electron chi connectivity index (χ4n) is 2.12. The zero-order valence-corrected chi connectivity index (χ0v) is 12.3. The van der Waals surface area contributed by atoms with E-state index in [1.165, 1.54) is 12.8 Å². The monoisotopic (exact) mass is 291 g/mol. The molecule has 0 amide bonds. The van der Waals surface area contributed by atoms with Gasteiger partial charge >= 0.3 is 0 Å². The molecule has 1 aromatic carbocycles. The molecule has 2 aromatic rings. The highest BCUT2D eigenvalue weighted by molar-refractivity contribution is 6.30. The average molecular weight is 292 g/mol. The molecule has 1 aromatic heterocycles. The van der Waals surface area contributed by atoms with Crippen LogP contribution in [0.4, 0.5) is 0 Å². The summed E-state index contributed by atoms with van der Waals surface area (Å²) in [6.45, 7) is 3.02. The molecule has 1 saturated carbocycles. The van der Waals surface area contributed by atoms with Gasteiger partial charge in [-0.15, -0.1) is 10.2 Å². The third-order valence-corrected chi connectivity index (χ3v) is 3.71. The Labute approximate surface area is 123 Å². The molecular weight excluding hydrogens is 274 g/mol. The summed E-state index contributed by atoms with van der Waals surface area (Å²) in [5.41, 5.74) is 1.99. The second-order valence-corrected chi connectivity index (χ2v) is 5.73. The summed E-state index contributed by atoms with van der Waals surface area (Å²) in [5, 5.41) is 12.4. The van der Waals surface area contributed by atoms with Crippen molar-refractivity contribution in [3.8, 4) is 11.5 Å². The molecule has 3 rings (SSSR count). The molecule has 1 fully saturated rings. The number of rotatable bonds is 6. The summed E-state index contributed by atoms with van der Waals surface area (Å²) < 4.78 is 5.72. The highest BCUT2D eigenvalue weighted by Gasteiger charge is 2.19.